The zero-order valence-corrected chi connectivity index (χ0v) is 12.4. The molecule has 0 bridgehead atoms. The molecule has 1 aliphatic heterocycles. The van der Waals surface area contributed by atoms with Gasteiger partial charge in [0.2, 0.25) is 0 Å². The zero-order chi connectivity index (χ0) is 14.0. The van der Waals surface area contributed by atoms with Crippen LogP contribution in [-0.4, -0.2) is 29.1 Å². The Bertz CT molecular complexity index is 449. The molecule has 106 valence electrons. The van der Waals surface area contributed by atoms with Gasteiger partial charge < -0.3 is 9.42 Å². The maximum absolute atomic E-state index is 12.4. The molecule has 0 aromatic carbocycles. The molecule has 0 saturated carbocycles. The molecule has 0 unspecified atom stereocenters. The van der Waals surface area contributed by atoms with E-state index in [1.54, 1.807) is 6.07 Å². The van der Waals surface area contributed by atoms with Gasteiger partial charge in [0.15, 0.2) is 5.69 Å². The Hall–Kier alpha value is -1.32. The van der Waals surface area contributed by atoms with Gasteiger partial charge in [-0.3, -0.25) is 4.79 Å². The van der Waals surface area contributed by atoms with Gasteiger partial charge in [-0.25, -0.2) is 0 Å². The van der Waals surface area contributed by atoms with E-state index in [9.17, 15) is 4.79 Å². The van der Waals surface area contributed by atoms with Crippen LogP contribution in [0.4, 0.5) is 0 Å². The van der Waals surface area contributed by atoms with Crippen molar-refractivity contribution in [2.45, 2.75) is 52.9 Å². The normalized spacial score (nSPS) is 19.5. The second-order valence-corrected chi connectivity index (χ2v) is 6.58. The number of hydrogen-bond acceptors (Lipinski definition) is 3. The van der Waals surface area contributed by atoms with Gasteiger partial charge >= 0.3 is 0 Å². The van der Waals surface area contributed by atoms with Crippen LogP contribution in [0.15, 0.2) is 10.6 Å². The summed E-state index contributed by atoms with van der Waals surface area (Å²) in [4.78, 5) is 14.3. The molecular formula is C15H24N2O2. The van der Waals surface area contributed by atoms with E-state index >= 15 is 0 Å². The Kier molecular flexibility index (Phi) is 3.97. The Labute approximate surface area is 115 Å². The van der Waals surface area contributed by atoms with Crippen LogP contribution in [0.1, 0.15) is 69.1 Å². The molecule has 19 heavy (non-hydrogen) atoms. The van der Waals surface area contributed by atoms with E-state index in [0.717, 1.165) is 31.7 Å². The second-order valence-electron chi connectivity index (χ2n) is 6.58. The molecule has 1 fully saturated rings. The Balaban J connectivity index is 2.06. The van der Waals surface area contributed by atoms with Gasteiger partial charge in [0.1, 0.15) is 5.76 Å². The molecule has 2 rings (SSSR count). The average Bonchev–Trinajstić information content (AvgIpc) is 2.75. The predicted octanol–water partition coefficient (Wildman–Crippen LogP) is 3.45. The average molecular weight is 264 g/mol. The molecular weight excluding hydrogens is 240 g/mol. The number of hydrogen-bond donors (Lipinski definition) is 0. The van der Waals surface area contributed by atoms with Crippen molar-refractivity contribution in [1.29, 1.82) is 0 Å². The molecule has 1 aromatic rings. The largest absolute Gasteiger partial charge is 0.360 e. The lowest BCUT2D eigenvalue weighted by molar-refractivity contribution is 0.0747. The van der Waals surface area contributed by atoms with Crippen molar-refractivity contribution in [2.24, 2.45) is 5.41 Å². The Morgan fingerprint density at radius 3 is 2.74 bits per heavy atom. The molecule has 4 nitrogen and oxygen atoms in total. The quantitative estimate of drug-likeness (QED) is 0.822. The first-order chi connectivity index (χ1) is 8.89. The number of aromatic nitrogens is 1. The summed E-state index contributed by atoms with van der Waals surface area (Å²) in [6.45, 7) is 10.2. The molecule has 0 atom stereocenters. The summed E-state index contributed by atoms with van der Waals surface area (Å²) in [6, 6.07) is 1.78. The summed E-state index contributed by atoms with van der Waals surface area (Å²) in [7, 11) is 0. The summed E-state index contributed by atoms with van der Waals surface area (Å²) in [5.74, 6) is 1.05. The molecule has 1 amide bonds. The molecule has 0 radical (unpaired) electrons. The van der Waals surface area contributed by atoms with Crippen LogP contribution < -0.4 is 0 Å². The smallest absolute Gasteiger partial charge is 0.276 e. The molecule has 0 spiro atoms. The van der Waals surface area contributed by atoms with E-state index in [-0.39, 0.29) is 11.8 Å². The van der Waals surface area contributed by atoms with Crippen molar-refractivity contribution >= 4 is 5.91 Å². The van der Waals surface area contributed by atoms with Gasteiger partial charge in [0.05, 0.1) is 0 Å². The first-order valence-corrected chi connectivity index (χ1v) is 7.15. The third-order valence-corrected chi connectivity index (χ3v) is 3.94. The fourth-order valence-corrected chi connectivity index (χ4v) is 2.45. The van der Waals surface area contributed by atoms with Crippen molar-refractivity contribution < 1.29 is 9.32 Å². The van der Waals surface area contributed by atoms with Gasteiger partial charge in [0.25, 0.3) is 5.91 Å². The highest BCUT2D eigenvalue weighted by molar-refractivity contribution is 5.92. The molecule has 0 aliphatic carbocycles. The number of carbonyl (C=O) groups excluding carboxylic acids is 1. The van der Waals surface area contributed by atoms with Crippen LogP contribution >= 0.6 is 0 Å². The minimum Gasteiger partial charge on any atom is -0.360 e. The topological polar surface area (TPSA) is 46.3 Å². The number of nitrogens with zero attached hydrogens (tertiary/aromatic N) is 2. The summed E-state index contributed by atoms with van der Waals surface area (Å²) < 4.78 is 5.21. The third-order valence-electron chi connectivity index (χ3n) is 3.94. The second kappa shape index (κ2) is 5.35. The lowest BCUT2D eigenvalue weighted by Crippen LogP contribution is -2.32. The summed E-state index contributed by atoms with van der Waals surface area (Å²) in [5.41, 5.74) is 0.783. The van der Waals surface area contributed by atoms with Crippen molar-refractivity contribution in [3.8, 4) is 0 Å². The first kappa shape index (κ1) is 14.1. The minimum atomic E-state index is 0.00773. The standard InChI is InChI=1S/C15H24N2O2/c1-11(2)13-10-12(16-19-13)14(18)17-8-5-6-15(3,4)7-9-17/h10-11H,5-9H2,1-4H3. The van der Waals surface area contributed by atoms with Crippen molar-refractivity contribution in [3.63, 3.8) is 0 Å². The molecule has 0 N–H and O–H groups in total. The van der Waals surface area contributed by atoms with Crippen LogP contribution in [0.25, 0.3) is 0 Å². The number of likely N-dealkylation sites (tertiary alicyclic amines) is 1. The molecule has 1 aromatic heterocycles. The summed E-state index contributed by atoms with van der Waals surface area (Å²) in [6.07, 6.45) is 3.29. The van der Waals surface area contributed by atoms with Crippen LogP contribution in [-0.2, 0) is 0 Å². The maximum atomic E-state index is 12.4. The highest BCUT2D eigenvalue weighted by Crippen LogP contribution is 2.30. The van der Waals surface area contributed by atoms with Crippen molar-refractivity contribution in [1.82, 2.24) is 10.1 Å². The Morgan fingerprint density at radius 2 is 2.11 bits per heavy atom. The highest BCUT2D eigenvalue weighted by atomic mass is 16.5. The number of amides is 1. The van der Waals surface area contributed by atoms with E-state index < -0.39 is 0 Å². The van der Waals surface area contributed by atoms with E-state index in [1.807, 2.05) is 18.7 Å². The van der Waals surface area contributed by atoms with E-state index in [4.69, 9.17) is 4.52 Å². The van der Waals surface area contributed by atoms with Gasteiger partial charge in [-0.05, 0) is 24.7 Å². The van der Waals surface area contributed by atoms with E-state index in [1.165, 1.54) is 6.42 Å². The lowest BCUT2D eigenvalue weighted by Gasteiger charge is -2.22. The number of rotatable bonds is 2. The molecule has 1 saturated heterocycles. The monoisotopic (exact) mass is 264 g/mol. The van der Waals surface area contributed by atoms with Crippen molar-refractivity contribution in [3.05, 3.63) is 17.5 Å². The highest BCUT2D eigenvalue weighted by Gasteiger charge is 2.27. The molecule has 1 aliphatic rings. The third kappa shape index (κ3) is 3.37. The van der Waals surface area contributed by atoms with Gasteiger partial charge in [-0.15, -0.1) is 0 Å². The lowest BCUT2D eigenvalue weighted by atomic mass is 9.85. The van der Waals surface area contributed by atoms with Crippen LogP contribution in [0.5, 0.6) is 0 Å². The summed E-state index contributed by atoms with van der Waals surface area (Å²) >= 11 is 0. The SMILES string of the molecule is CC(C)c1cc(C(=O)N2CCCC(C)(C)CC2)no1. The summed E-state index contributed by atoms with van der Waals surface area (Å²) in [5, 5.41) is 3.91. The maximum Gasteiger partial charge on any atom is 0.276 e. The molecule has 2 heterocycles. The fourth-order valence-electron chi connectivity index (χ4n) is 2.45. The number of carbonyl (C=O) groups is 1. The zero-order valence-electron chi connectivity index (χ0n) is 12.4. The van der Waals surface area contributed by atoms with Crippen LogP contribution in [0, 0.1) is 5.41 Å². The van der Waals surface area contributed by atoms with Gasteiger partial charge in [0, 0.05) is 25.1 Å². The van der Waals surface area contributed by atoms with Crippen LogP contribution in [0.3, 0.4) is 0 Å². The van der Waals surface area contributed by atoms with Gasteiger partial charge in [-0.1, -0.05) is 32.9 Å². The molecule has 4 heteroatoms. The van der Waals surface area contributed by atoms with Crippen molar-refractivity contribution in [2.75, 3.05) is 13.1 Å². The van der Waals surface area contributed by atoms with Gasteiger partial charge in [-0.2, -0.15) is 0 Å². The van der Waals surface area contributed by atoms with Crippen LogP contribution in [0.2, 0.25) is 0 Å². The minimum absolute atomic E-state index is 0.00773. The first-order valence-electron chi connectivity index (χ1n) is 7.15. The Morgan fingerprint density at radius 1 is 1.37 bits per heavy atom. The van der Waals surface area contributed by atoms with E-state index in [2.05, 4.69) is 19.0 Å². The predicted molar refractivity (Wildman–Crippen MR) is 74.1 cm³/mol. The fraction of sp³-hybridized carbons (Fsp3) is 0.733. The van der Waals surface area contributed by atoms with E-state index in [0.29, 0.717) is 11.1 Å².